The lowest BCUT2D eigenvalue weighted by Gasteiger charge is -2.07. The number of ether oxygens (including phenoxy) is 2. The number of phenolic OH excluding ortho intramolecular Hbond substituents is 2. The molecule has 6 heteroatoms. The maximum Gasteiger partial charge on any atom is 0.160 e. The summed E-state index contributed by atoms with van der Waals surface area (Å²) in [7, 11) is 2.54. The molecule has 0 atom stereocenters. The zero-order chi connectivity index (χ0) is 25.2. The normalized spacial score (nSPS) is 15.3. The van der Waals surface area contributed by atoms with Crippen LogP contribution in [0.3, 0.4) is 0 Å². The van der Waals surface area contributed by atoms with E-state index in [9.17, 15) is 19.8 Å². The molecule has 2 aromatic rings. The molecule has 0 fully saturated rings. The van der Waals surface area contributed by atoms with Crippen LogP contribution in [0.5, 0.6) is 23.0 Å². The molecule has 0 amide bonds. The van der Waals surface area contributed by atoms with Crippen molar-refractivity contribution in [2.45, 2.75) is 32.0 Å². The second kappa shape index (κ2) is 9.62. The number of aryl methyl sites for hydroxylation is 2. The van der Waals surface area contributed by atoms with E-state index in [1.165, 1.54) is 32.4 Å². The van der Waals surface area contributed by atoms with Crippen LogP contribution < -0.4 is 9.47 Å². The van der Waals surface area contributed by atoms with Crippen molar-refractivity contribution < 1.29 is 37.5 Å². The highest BCUT2D eigenvalue weighted by molar-refractivity contribution is 5.99. The zero-order valence-corrected chi connectivity index (χ0v) is 14.9. The number of carbonyl (C=O) groups excluding carboxylic acids is 2. The van der Waals surface area contributed by atoms with Crippen LogP contribution in [-0.4, -0.2) is 36.0 Å². The maximum atomic E-state index is 12.8. The van der Waals surface area contributed by atoms with Crippen LogP contribution in [0.2, 0.25) is 0 Å². The largest absolute Gasteiger partial charge is 0.504 e. The summed E-state index contributed by atoms with van der Waals surface area (Å²) in [6, 6.07) is 7.35. The third-order valence-electron chi connectivity index (χ3n) is 3.64. The predicted octanol–water partition coefficient (Wildman–Crippen LogP) is 3.21. The monoisotopic (exact) mass is 378 g/mol. The molecule has 2 N–H and O–H groups in total. The van der Waals surface area contributed by atoms with Crippen LogP contribution in [0.1, 0.15) is 38.5 Å². The first-order chi connectivity index (χ1) is 15.2. The molecular formula is C21H24O6. The minimum Gasteiger partial charge on any atom is -0.504 e. The van der Waals surface area contributed by atoms with E-state index in [1.807, 2.05) is 0 Å². The molecule has 0 heterocycles. The van der Waals surface area contributed by atoms with Gasteiger partial charge in [-0.05, 0) is 48.2 Å². The molecule has 2 rings (SSSR count). The smallest absolute Gasteiger partial charge is 0.160 e. The third-order valence-corrected chi connectivity index (χ3v) is 3.64. The Hall–Kier alpha value is -3.02. The molecule has 0 saturated carbocycles. The molecule has 6 nitrogen and oxygen atoms in total. The second-order valence-corrected chi connectivity index (χ2v) is 5.52. The van der Waals surface area contributed by atoms with Crippen LogP contribution in [0.25, 0.3) is 0 Å². The number of methoxy groups -OCH3 is 2. The summed E-state index contributed by atoms with van der Waals surface area (Å²) < 4.78 is 58.3. The molecule has 0 aliphatic rings. The van der Waals surface area contributed by atoms with E-state index in [0.717, 1.165) is 18.2 Å². The minimum absolute atomic E-state index is 0.0205. The van der Waals surface area contributed by atoms with Crippen molar-refractivity contribution in [3.05, 3.63) is 47.5 Å². The van der Waals surface area contributed by atoms with Crippen molar-refractivity contribution in [1.29, 1.82) is 0 Å². The van der Waals surface area contributed by atoms with E-state index in [0.29, 0.717) is 5.56 Å². The Morgan fingerprint density at radius 1 is 0.926 bits per heavy atom. The number of benzene rings is 2. The van der Waals surface area contributed by atoms with Crippen molar-refractivity contribution >= 4 is 11.6 Å². The summed E-state index contributed by atoms with van der Waals surface area (Å²) in [4.78, 5) is 25.3. The van der Waals surface area contributed by atoms with Gasteiger partial charge in [-0.1, -0.05) is 12.1 Å². The van der Waals surface area contributed by atoms with Gasteiger partial charge in [0.1, 0.15) is 11.6 Å². The van der Waals surface area contributed by atoms with Gasteiger partial charge in [-0.3, -0.25) is 9.59 Å². The number of hydrogen-bond donors (Lipinski definition) is 2. The molecule has 2 aromatic carbocycles. The van der Waals surface area contributed by atoms with Gasteiger partial charge in [0.05, 0.1) is 20.6 Å². The van der Waals surface area contributed by atoms with Gasteiger partial charge in [0, 0.05) is 21.0 Å². The van der Waals surface area contributed by atoms with E-state index < -0.39 is 37.1 Å². The Morgan fingerprint density at radius 3 is 2.07 bits per heavy atom. The number of hydrogen-bond acceptors (Lipinski definition) is 6. The predicted molar refractivity (Wildman–Crippen MR) is 101 cm³/mol. The summed E-state index contributed by atoms with van der Waals surface area (Å²) in [5.41, 5.74) is 0.130. The number of ketones is 2. The topological polar surface area (TPSA) is 93.1 Å². The summed E-state index contributed by atoms with van der Waals surface area (Å²) in [5, 5.41) is 19.3. The molecule has 0 saturated heterocycles. The Bertz CT molecular complexity index is 1050. The summed E-state index contributed by atoms with van der Waals surface area (Å²) in [6.45, 7) is 0. The fourth-order valence-corrected chi connectivity index (χ4v) is 2.24. The Morgan fingerprint density at radius 2 is 1.48 bits per heavy atom. The number of Topliss-reactive ketones (excluding diaryl/α,β-unsaturated/α-hetero) is 2. The zero-order valence-electron chi connectivity index (χ0n) is 20.9. The van der Waals surface area contributed by atoms with E-state index in [4.69, 9.17) is 17.7 Å². The van der Waals surface area contributed by atoms with Crippen molar-refractivity contribution in [1.82, 2.24) is 0 Å². The van der Waals surface area contributed by atoms with E-state index >= 15 is 0 Å². The molecule has 0 aliphatic carbocycles. The molecule has 0 aromatic heterocycles. The first-order valence-corrected chi connectivity index (χ1v) is 8.01. The van der Waals surface area contributed by atoms with Crippen LogP contribution in [0, 0.1) is 0 Å². The number of phenols is 2. The quantitative estimate of drug-likeness (QED) is 0.617. The van der Waals surface area contributed by atoms with Gasteiger partial charge >= 0.3 is 0 Å². The molecule has 0 unspecified atom stereocenters. The van der Waals surface area contributed by atoms with Gasteiger partial charge in [0.25, 0.3) is 0 Å². The standard InChI is InChI=1S/C21H24O6/c1-26-20-11-14(5-9-18(20)24)3-7-16(22)13-17(23)8-4-15-6-10-19(25)21(12-15)27-2/h5-6,9-12,24-25H,3-4,7-8,13H2,1-2H3/i3D2,7D2,13D2. The SMILES string of the molecule is [2H]C([2H])(C(=O)CCc1ccc(O)c(OC)c1)C(=O)C([2H])([2H])C([2H])([2H])c1ccc(O)c(OC)c1. The second-order valence-electron chi connectivity index (χ2n) is 5.52. The fraction of sp³-hybridized carbons (Fsp3) is 0.333. The highest BCUT2D eigenvalue weighted by Crippen LogP contribution is 2.27. The highest BCUT2D eigenvalue weighted by atomic mass is 16.5. The number of carbonyl (C=O) groups is 2. The number of aromatic hydroxyl groups is 2. The van der Waals surface area contributed by atoms with Gasteiger partial charge in [0.2, 0.25) is 0 Å². The molecule has 0 aliphatic heterocycles. The molecule has 0 bridgehead atoms. The van der Waals surface area contributed by atoms with Gasteiger partial charge in [-0.25, -0.2) is 0 Å². The van der Waals surface area contributed by atoms with Crippen LogP contribution in [-0.2, 0) is 22.4 Å². The molecule has 0 radical (unpaired) electrons. The van der Waals surface area contributed by atoms with Crippen LogP contribution in [0.4, 0.5) is 0 Å². The van der Waals surface area contributed by atoms with Crippen molar-refractivity contribution in [3.63, 3.8) is 0 Å². The third kappa shape index (κ3) is 6.02. The Balaban J connectivity index is 2.26. The first-order valence-electron chi connectivity index (χ1n) is 11.0. The van der Waals surface area contributed by atoms with Gasteiger partial charge in [0.15, 0.2) is 23.0 Å². The lowest BCUT2D eigenvalue weighted by molar-refractivity contribution is -0.126. The lowest BCUT2D eigenvalue weighted by atomic mass is 10.0. The Labute approximate surface area is 166 Å². The van der Waals surface area contributed by atoms with E-state index in [1.54, 1.807) is 0 Å². The highest BCUT2D eigenvalue weighted by Gasteiger charge is 2.12. The van der Waals surface area contributed by atoms with E-state index in [-0.39, 0.29) is 35.0 Å². The van der Waals surface area contributed by atoms with Crippen molar-refractivity contribution in [2.24, 2.45) is 0 Å². The molecular weight excluding hydrogens is 348 g/mol. The summed E-state index contributed by atoms with van der Waals surface area (Å²) in [6.07, 6.45) is -10.3. The first kappa shape index (κ1) is 13.2. The molecule has 0 spiro atoms. The van der Waals surface area contributed by atoms with Gasteiger partial charge in [-0.15, -0.1) is 0 Å². The fourth-order valence-electron chi connectivity index (χ4n) is 2.24. The Kier molecular flexibility index (Phi) is 4.70. The van der Waals surface area contributed by atoms with Crippen molar-refractivity contribution in [3.8, 4) is 23.0 Å². The number of rotatable bonds is 10. The molecule has 27 heavy (non-hydrogen) atoms. The van der Waals surface area contributed by atoms with Gasteiger partial charge in [-0.2, -0.15) is 0 Å². The minimum atomic E-state index is -3.43. The van der Waals surface area contributed by atoms with Crippen molar-refractivity contribution in [2.75, 3.05) is 14.2 Å². The lowest BCUT2D eigenvalue weighted by Crippen LogP contribution is -2.09. The average Bonchev–Trinajstić information content (AvgIpc) is 2.77. The summed E-state index contributed by atoms with van der Waals surface area (Å²) in [5.74, 6) is -3.56. The van der Waals surface area contributed by atoms with Crippen LogP contribution >= 0.6 is 0 Å². The van der Waals surface area contributed by atoms with Gasteiger partial charge < -0.3 is 19.7 Å². The summed E-state index contributed by atoms with van der Waals surface area (Å²) >= 11 is 0. The average molecular weight is 378 g/mol. The maximum absolute atomic E-state index is 12.8. The van der Waals surface area contributed by atoms with Crippen LogP contribution in [0.15, 0.2) is 36.4 Å². The van der Waals surface area contributed by atoms with E-state index in [2.05, 4.69) is 0 Å². The molecule has 144 valence electrons.